The van der Waals surface area contributed by atoms with Gasteiger partial charge in [0.1, 0.15) is 5.76 Å². The molecule has 0 atom stereocenters. The third kappa shape index (κ3) is 2.56. The molecule has 2 rings (SSSR count). The van der Waals surface area contributed by atoms with Gasteiger partial charge in [0.2, 0.25) is 0 Å². The van der Waals surface area contributed by atoms with Gasteiger partial charge in [0.25, 0.3) is 10.0 Å². The molecule has 0 saturated heterocycles. The lowest BCUT2D eigenvalue weighted by molar-refractivity contribution is 0.400. The molecule has 1 aromatic carbocycles. The van der Waals surface area contributed by atoms with E-state index in [-0.39, 0.29) is 10.7 Å². The minimum absolute atomic E-state index is 0.173. The molecule has 0 saturated carbocycles. The van der Waals surface area contributed by atoms with Crippen LogP contribution in [0.2, 0.25) is 0 Å². The molecule has 96 valence electrons. The number of hydrogen-bond donors (Lipinski definition) is 1. The van der Waals surface area contributed by atoms with Crippen molar-refractivity contribution in [1.82, 2.24) is 5.16 Å². The Labute approximate surface area is 113 Å². The van der Waals surface area contributed by atoms with E-state index >= 15 is 0 Å². The molecule has 0 aliphatic carbocycles. The number of sulfonamides is 1. The Morgan fingerprint density at radius 3 is 2.67 bits per heavy atom. The van der Waals surface area contributed by atoms with Gasteiger partial charge < -0.3 is 4.52 Å². The summed E-state index contributed by atoms with van der Waals surface area (Å²) in [5.41, 5.74) is 0.644. The molecule has 1 aromatic heterocycles. The summed E-state index contributed by atoms with van der Waals surface area (Å²) in [7, 11) is -3.66. The summed E-state index contributed by atoms with van der Waals surface area (Å²) < 4.78 is 32.3. The van der Waals surface area contributed by atoms with Crippen LogP contribution < -0.4 is 4.72 Å². The van der Waals surface area contributed by atoms with Gasteiger partial charge in [-0.05, 0) is 31.5 Å². The lowest BCUT2D eigenvalue weighted by atomic mass is 10.2. The Kier molecular flexibility index (Phi) is 3.45. The number of rotatable bonds is 3. The molecule has 7 heteroatoms. The third-order valence-electron chi connectivity index (χ3n) is 2.37. The molecule has 0 fully saturated rings. The Morgan fingerprint density at radius 2 is 2.06 bits per heavy atom. The Hall–Kier alpha value is -1.34. The molecule has 18 heavy (non-hydrogen) atoms. The summed E-state index contributed by atoms with van der Waals surface area (Å²) >= 11 is 3.30. The van der Waals surface area contributed by atoms with E-state index in [9.17, 15) is 8.42 Å². The van der Waals surface area contributed by atoms with Crippen LogP contribution in [-0.4, -0.2) is 13.6 Å². The molecule has 2 aromatic rings. The van der Waals surface area contributed by atoms with Gasteiger partial charge in [0, 0.05) is 10.5 Å². The van der Waals surface area contributed by atoms with E-state index in [2.05, 4.69) is 25.8 Å². The van der Waals surface area contributed by atoms with Crippen molar-refractivity contribution in [2.45, 2.75) is 18.7 Å². The number of aryl methyl sites for hydroxylation is 1. The summed E-state index contributed by atoms with van der Waals surface area (Å²) in [6.07, 6.45) is 0. The zero-order valence-corrected chi connectivity index (χ0v) is 12.2. The van der Waals surface area contributed by atoms with Crippen molar-refractivity contribution in [3.8, 4) is 0 Å². The predicted molar refractivity (Wildman–Crippen MR) is 70.9 cm³/mol. The highest BCUT2D eigenvalue weighted by Crippen LogP contribution is 2.24. The van der Waals surface area contributed by atoms with Crippen molar-refractivity contribution >= 4 is 31.8 Å². The molecule has 1 heterocycles. The summed E-state index contributed by atoms with van der Waals surface area (Å²) in [6, 6.07) is 6.51. The van der Waals surface area contributed by atoms with Crippen LogP contribution in [0.4, 0.5) is 5.82 Å². The van der Waals surface area contributed by atoms with Crippen LogP contribution in [0.5, 0.6) is 0 Å². The molecule has 0 spiro atoms. The fourth-order valence-corrected chi connectivity index (χ4v) is 3.24. The summed E-state index contributed by atoms with van der Waals surface area (Å²) in [5, 5.41) is 3.60. The van der Waals surface area contributed by atoms with Gasteiger partial charge in [0.05, 0.1) is 4.90 Å². The molecule has 0 aliphatic rings. The summed E-state index contributed by atoms with van der Waals surface area (Å²) in [6.45, 7) is 3.42. The van der Waals surface area contributed by atoms with Crippen molar-refractivity contribution in [1.29, 1.82) is 0 Å². The highest BCUT2D eigenvalue weighted by molar-refractivity contribution is 9.10. The number of halogens is 1. The third-order valence-corrected chi connectivity index (χ3v) is 4.73. The maximum Gasteiger partial charge on any atom is 0.263 e. The SMILES string of the molecule is Cc1cc(NS(=O)(=O)c2cccc(Br)c2C)no1. The predicted octanol–water partition coefficient (Wildman–Crippen LogP) is 2.85. The van der Waals surface area contributed by atoms with Crippen LogP contribution in [0.15, 0.2) is 38.2 Å². The maximum absolute atomic E-state index is 12.2. The number of anilines is 1. The first kappa shape index (κ1) is 13.1. The maximum atomic E-state index is 12.2. The quantitative estimate of drug-likeness (QED) is 0.939. The number of hydrogen-bond acceptors (Lipinski definition) is 4. The average molecular weight is 331 g/mol. The molecular weight excluding hydrogens is 320 g/mol. The van der Waals surface area contributed by atoms with Crippen molar-refractivity contribution in [2.75, 3.05) is 4.72 Å². The van der Waals surface area contributed by atoms with Gasteiger partial charge in [-0.1, -0.05) is 27.2 Å². The van der Waals surface area contributed by atoms with E-state index in [4.69, 9.17) is 4.52 Å². The topological polar surface area (TPSA) is 72.2 Å². The van der Waals surface area contributed by atoms with E-state index in [0.717, 1.165) is 4.47 Å². The minimum atomic E-state index is -3.66. The van der Waals surface area contributed by atoms with Gasteiger partial charge >= 0.3 is 0 Å². The van der Waals surface area contributed by atoms with Crippen LogP contribution in [0.25, 0.3) is 0 Å². The Bertz CT molecular complexity index is 679. The van der Waals surface area contributed by atoms with Crippen molar-refractivity contribution in [3.05, 3.63) is 40.1 Å². The smallest absolute Gasteiger partial charge is 0.263 e. The first-order valence-electron chi connectivity index (χ1n) is 5.11. The van der Waals surface area contributed by atoms with Crippen LogP contribution in [0, 0.1) is 13.8 Å². The zero-order valence-electron chi connectivity index (χ0n) is 9.77. The standard InChI is InChI=1S/C11H11BrN2O3S/c1-7-6-11(13-17-7)14-18(15,16)10-5-3-4-9(12)8(10)2/h3-6H,1-2H3,(H,13,14). The van der Waals surface area contributed by atoms with Crippen molar-refractivity contribution in [2.24, 2.45) is 0 Å². The molecule has 0 bridgehead atoms. The number of aromatic nitrogens is 1. The second-order valence-electron chi connectivity index (χ2n) is 3.79. The molecule has 0 unspecified atom stereocenters. The lowest BCUT2D eigenvalue weighted by Crippen LogP contribution is -2.14. The molecule has 0 amide bonds. The molecule has 0 radical (unpaired) electrons. The fraction of sp³-hybridized carbons (Fsp3) is 0.182. The number of nitrogens with one attached hydrogen (secondary N) is 1. The Balaban J connectivity index is 2.40. The summed E-state index contributed by atoms with van der Waals surface area (Å²) in [5.74, 6) is 0.713. The normalized spacial score (nSPS) is 11.5. The fourth-order valence-electron chi connectivity index (χ4n) is 1.49. The molecule has 1 N–H and O–H groups in total. The van der Waals surface area contributed by atoms with Gasteiger partial charge in [-0.2, -0.15) is 0 Å². The largest absolute Gasteiger partial charge is 0.360 e. The van der Waals surface area contributed by atoms with E-state index < -0.39 is 10.0 Å². The first-order chi connectivity index (χ1) is 8.40. The van der Waals surface area contributed by atoms with Gasteiger partial charge in [-0.15, -0.1) is 0 Å². The van der Waals surface area contributed by atoms with Crippen LogP contribution >= 0.6 is 15.9 Å². The molecule has 5 nitrogen and oxygen atoms in total. The van der Waals surface area contributed by atoms with Gasteiger partial charge in [-0.25, -0.2) is 8.42 Å². The highest BCUT2D eigenvalue weighted by atomic mass is 79.9. The van der Waals surface area contributed by atoms with E-state index in [1.54, 1.807) is 26.0 Å². The Morgan fingerprint density at radius 1 is 1.33 bits per heavy atom. The highest BCUT2D eigenvalue weighted by Gasteiger charge is 2.19. The van der Waals surface area contributed by atoms with Crippen LogP contribution in [-0.2, 0) is 10.0 Å². The van der Waals surface area contributed by atoms with Crippen LogP contribution in [0.3, 0.4) is 0 Å². The van der Waals surface area contributed by atoms with E-state index in [1.165, 1.54) is 12.1 Å². The summed E-state index contributed by atoms with van der Waals surface area (Å²) in [4.78, 5) is 0.206. The lowest BCUT2D eigenvalue weighted by Gasteiger charge is -2.08. The van der Waals surface area contributed by atoms with E-state index in [1.807, 2.05) is 0 Å². The first-order valence-corrected chi connectivity index (χ1v) is 7.39. The van der Waals surface area contributed by atoms with Gasteiger partial charge in [0.15, 0.2) is 5.82 Å². The van der Waals surface area contributed by atoms with Crippen molar-refractivity contribution in [3.63, 3.8) is 0 Å². The van der Waals surface area contributed by atoms with E-state index in [0.29, 0.717) is 11.3 Å². The van der Waals surface area contributed by atoms with Crippen molar-refractivity contribution < 1.29 is 12.9 Å². The zero-order chi connectivity index (χ0) is 13.3. The molecule has 0 aliphatic heterocycles. The minimum Gasteiger partial charge on any atom is -0.360 e. The second-order valence-corrected chi connectivity index (χ2v) is 6.30. The second kappa shape index (κ2) is 4.74. The average Bonchev–Trinajstić information content (AvgIpc) is 2.67. The monoisotopic (exact) mass is 330 g/mol. The molecular formula is C11H11BrN2O3S. The number of benzene rings is 1. The van der Waals surface area contributed by atoms with Gasteiger partial charge in [-0.3, -0.25) is 4.72 Å². The van der Waals surface area contributed by atoms with Crippen LogP contribution in [0.1, 0.15) is 11.3 Å². The number of nitrogens with zero attached hydrogens (tertiary/aromatic N) is 1.